The van der Waals surface area contributed by atoms with Crippen LogP contribution in [0.25, 0.3) is 0 Å². The number of nitrogens with zero attached hydrogens (tertiary/aromatic N) is 1. The highest BCUT2D eigenvalue weighted by molar-refractivity contribution is 5.81. The number of benzene rings is 2. The number of hydrogen-bond acceptors (Lipinski definition) is 4. The van der Waals surface area contributed by atoms with Crippen LogP contribution < -0.4 is 10.1 Å². The Morgan fingerprint density at radius 3 is 2.40 bits per heavy atom. The fourth-order valence-corrected chi connectivity index (χ4v) is 2.50. The molecular weight excluding hydrogens is 316 g/mol. The summed E-state index contributed by atoms with van der Waals surface area (Å²) in [5, 5.41) is 13.0. The first-order chi connectivity index (χ1) is 12.0. The summed E-state index contributed by atoms with van der Waals surface area (Å²) in [5.41, 5.74) is 1.90. The zero-order chi connectivity index (χ0) is 18.2. The highest BCUT2D eigenvalue weighted by atomic mass is 16.5. The van der Waals surface area contributed by atoms with Crippen LogP contribution in [-0.2, 0) is 11.3 Å². The van der Waals surface area contributed by atoms with E-state index >= 15 is 0 Å². The summed E-state index contributed by atoms with van der Waals surface area (Å²) in [6.45, 7) is 2.73. The summed E-state index contributed by atoms with van der Waals surface area (Å²) in [7, 11) is 3.51. The quantitative estimate of drug-likeness (QED) is 0.773. The van der Waals surface area contributed by atoms with Crippen molar-refractivity contribution in [2.45, 2.75) is 25.6 Å². The Bertz CT molecular complexity index is 658. The van der Waals surface area contributed by atoms with Crippen molar-refractivity contribution in [3.8, 4) is 5.75 Å². The van der Waals surface area contributed by atoms with Crippen molar-refractivity contribution in [2.24, 2.45) is 0 Å². The van der Waals surface area contributed by atoms with Gasteiger partial charge in [0.15, 0.2) is 0 Å². The lowest BCUT2D eigenvalue weighted by Crippen LogP contribution is -2.44. The Labute approximate surface area is 149 Å². The first-order valence-corrected chi connectivity index (χ1v) is 8.35. The first kappa shape index (κ1) is 19.0. The van der Waals surface area contributed by atoms with E-state index in [0.717, 1.165) is 16.9 Å². The van der Waals surface area contributed by atoms with Crippen molar-refractivity contribution in [3.05, 3.63) is 65.7 Å². The molecule has 0 saturated heterocycles. The van der Waals surface area contributed by atoms with Gasteiger partial charge in [-0.3, -0.25) is 9.69 Å². The average molecular weight is 342 g/mol. The van der Waals surface area contributed by atoms with Crippen LogP contribution >= 0.6 is 0 Å². The highest BCUT2D eigenvalue weighted by Gasteiger charge is 2.19. The topological polar surface area (TPSA) is 61.8 Å². The van der Waals surface area contributed by atoms with Crippen LogP contribution in [0.4, 0.5) is 0 Å². The van der Waals surface area contributed by atoms with Crippen molar-refractivity contribution >= 4 is 5.91 Å². The second-order valence-electron chi connectivity index (χ2n) is 6.11. The number of methoxy groups -OCH3 is 1. The molecule has 2 aromatic rings. The van der Waals surface area contributed by atoms with Gasteiger partial charge in [-0.05, 0) is 37.2 Å². The van der Waals surface area contributed by atoms with E-state index in [-0.39, 0.29) is 18.5 Å². The van der Waals surface area contributed by atoms with Crippen LogP contribution in [0.3, 0.4) is 0 Å². The molecule has 2 N–H and O–H groups in total. The van der Waals surface area contributed by atoms with E-state index < -0.39 is 6.10 Å². The number of hydrogen-bond donors (Lipinski definition) is 2. The lowest BCUT2D eigenvalue weighted by molar-refractivity contribution is -0.126. The fraction of sp³-hybridized carbons (Fsp3) is 0.350. The molecule has 0 aliphatic rings. The maximum absolute atomic E-state index is 12.3. The molecule has 25 heavy (non-hydrogen) atoms. The number of likely N-dealkylation sites (N-methyl/N-ethyl adjacent to an activating group) is 1. The van der Waals surface area contributed by atoms with Gasteiger partial charge in [0.05, 0.1) is 19.3 Å². The van der Waals surface area contributed by atoms with E-state index in [9.17, 15) is 9.90 Å². The van der Waals surface area contributed by atoms with Gasteiger partial charge in [0.1, 0.15) is 5.75 Å². The molecule has 0 heterocycles. The molecule has 0 radical (unpaired) electrons. The minimum atomic E-state index is -0.749. The Morgan fingerprint density at radius 2 is 1.80 bits per heavy atom. The van der Waals surface area contributed by atoms with Crippen LogP contribution in [0.5, 0.6) is 5.75 Å². The number of rotatable bonds is 8. The van der Waals surface area contributed by atoms with Gasteiger partial charge >= 0.3 is 0 Å². The van der Waals surface area contributed by atoms with Gasteiger partial charge in [-0.2, -0.15) is 0 Å². The number of ether oxygens (including phenoxy) is 1. The summed E-state index contributed by atoms with van der Waals surface area (Å²) < 4.78 is 5.10. The van der Waals surface area contributed by atoms with Crippen LogP contribution in [0, 0.1) is 0 Å². The second-order valence-corrected chi connectivity index (χ2v) is 6.11. The first-order valence-electron chi connectivity index (χ1n) is 8.35. The average Bonchev–Trinajstić information content (AvgIpc) is 2.66. The maximum atomic E-state index is 12.3. The van der Waals surface area contributed by atoms with Gasteiger partial charge < -0.3 is 15.2 Å². The van der Waals surface area contributed by atoms with Crippen LogP contribution in [0.1, 0.15) is 24.2 Å². The van der Waals surface area contributed by atoms with Crippen LogP contribution in [-0.4, -0.2) is 42.7 Å². The van der Waals surface area contributed by atoms with Crippen LogP contribution in [0.2, 0.25) is 0 Å². The smallest absolute Gasteiger partial charge is 0.237 e. The molecule has 0 spiro atoms. The van der Waals surface area contributed by atoms with Crippen molar-refractivity contribution in [2.75, 3.05) is 20.7 Å². The number of carbonyl (C=O) groups is 1. The zero-order valence-electron chi connectivity index (χ0n) is 15.0. The summed E-state index contributed by atoms with van der Waals surface area (Å²) >= 11 is 0. The van der Waals surface area contributed by atoms with Gasteiger partial charge in [0.25, 0.3) is 0 Å². The number of nitrogens with one attached hydrogen (secondary N) is 1. The summed E-state index contributed by atoms with van der Waals surface area (Å²) in [6, 6.07) is 16.9. The number of aliphatic hydroxyl groups excluding tert-OH is 1. The third-order valence-corrected chi connectivity index (χ3v) is 4.29. The second kappa shape index (κ2) is 9.20. The summed E-state index contributed by atoms with van der Waals surface area (Å²) in [5.74, 6) is 0.627. The molecule has 2 atom stereocenters. The Balaban J connectivity index is 1.83. The summed E-state index contributed by atoms with van der Waals surface area (Å²) in [6.07, 6.45) is -0.749. The fourth-order valence-electron chi connectivity index (χ4n) is 2.50. The minimum Gasteiger partial charge on any atom is -0.497 e. The molecule has 0 saturated carbocycles. The van der Waals surface area contributed by atoms with Gasteiger partial charge in [0, 0.05) is 13.1 Å². The van der Waals surface area contributed by atoms with E-state index in [4.69, 9.17) is 4.74 Å². The molecule has 1 amide bonds. The van der Waals surface area contributed by atoms with Crippen molar-refractivity contribution in [1.29, 1.82) is 0 Å². The molecule has 2 aromatic carbocycles. The molecule has 2 rings (SSSR count). The molecule has 0 aliphatic carbocycles. The predicted molar refractivity (Wildman–Crippen MR) is 98.3 cm³/mol. The van der Waals surface area contributed by atoms with Crippen LogP contribution in [0.15, 0.2) is 54.6 Å². The molecular formula is C20H26N2O3. The number of aliphatic hydroxyl groups is 1. The normalized spacial score (nSPS) is 13.3. The molecule has 5 nitrogen and oxygen atoms in total. The molecule has 0 aromatic heterocycles. The lowest BCUT2D eigenvalue weighted by Gasteiger charge is -2.24. The van der Waals surface area contributed by atoms with Gasteiger partial charge in [-0.25, -0.2) is 0 Å². The maximum Gasteiger partial charge on any atom is 0.237 e. The number of amides is 1. The standard InChI is InChI=1S/C20H26N2O3/c1-15(22(2)14-16-7-5-4-6-8-16)20(24)21-13-19(23)17-9-11-18(25-3)12-10-17/h4-12,15,19,23H,13-14H2,1-3H3,(H,21,24)/t15-,19-/m1/s1. The zero-order valence-corrected chi connectivity index (χ0v) is 15.0. The van der Waals surface area contributed by atoms with Gasteiger partial charge in [-0.15, -0.1) is 0 Å². The molecule has 0 unspecified atom stereocenters. The van der Waals surface area contributed by atoms with E-state index in [0.29, 0.717) is 6.54 Å². The lowest BCUT2D eigenvalue weighted by atomic mass is 10.1. The molecule has 0 aliphatic heterocycles. The molecule has 5 heteroatoms. The van der Waals surface area contributed by atoms with Crippen molar-refractivity contribution < 1.29 is 14.6 Å². The van der Waals surface area contributed by atoms with Crippen molar-refractivity contribution in [1.82, 2.24) is 10.2 Å². The van der Waals surface area contributed by atoms with E-state index in [1.165, 1.54) is 0 Å². The van der Waals surface area contributed by atoms with Gasteiger partial charge in [-0.1, -0.05) is 42.5 Å². The van der Waals surface area contributed by atoms with Crippen molar-refractivity contribution in [3.63, 3.8) is 0 Å². The van der Waals surface area contributed by atoms with E-state index in [1.54, 1.807) is 31.4 Å². The Kier molecular flexibility index (Phi) is 6.98. The van der Waals surface area contributed by atoms with E-state index in [1.807, 2.05) is 49.2 Å². The third-order valence-electron chi connectivity index (χ3n) is 4.29. The predicted octanol–water partition coefficient (Wildman–Crippen LogP) is 2.37. The minimum absolute atomic E-state index is 0.106. The number of carbonyl (C=O) groups excluding carboxylic acids is 1. The largest absolute Gasteiger partial charge is 0.497 e. The Morgan fingerprint density at radius 1 is 1.16 bits per heavy atom. The third kappa shape index (κ3) is 5.59. The molecule has 0 fully saturated rings. The molecule has 134 valence electrons. The monoisotopic (exact) mass is 342 g/mol. The SMILES string of the molecule is COc1ccc([C@H](O)CNC(=O)[C@@H](C)N(C)Cc2ccccc2)cc1. The van der Waals surface area contributed by atoms with Gasteiger partial charge in [0.2, 0.25) is 5.91 Å². The molecule has 0 bridgehead atoms. The Hall–Kier alpha value is -2.37. The summed E-state index contributed by atoms with van der Waals surface area (Å²) in [4.78, 5) is 14.3. The van der Waals surface area contributed by atoms with E-state index in [2.05, 4.69) is 5.32 Å². The highest BCUT2D eigenvalue weighted by Crippen LogP contribution is 2.17.